The first kappa shape index (κ1) is 10.2. The average Bonchev–Trinajstić information content (AvgIpc) is 2.95. The lowest BCUT2D eigenvalue weighted by molar-refractivity contribution is 0.367. The Morgan fingerprint density at radius 1 is 1.38 bits per heavy atom. The van der Waals surface area contributed by atoms with Gasteiger partial charge in [-0.2, -0.15) is 4.98 Å². The first-order valence-electron chi connectivity index (χ1n) is 5.41. The maximum absolute atomic E-state index is 11.5. The van der Waals surface area contributed by atoms with Crippen molar-refractivity contribution in [3.63, 3.8) is 0 Å². The Labute approximate surface area is 93.3 Å². The molecule has 0 amide bonds. The minimum Gasteiger partial charge on any atom is -0.339 e. The Balaban J connectivity index is 1.80. The molecule has 88 valence electrons. The zero-order valence-corrected chi connectivity index (χ0v) is 9.53. The van der Waals surface area contributed by atoms with Crippen LogP contribution in [0.2, 0.25) is 0 Å². The van der Waals surface area contributed by atoms with E-state index in [4.69, 9.17) is 4.52 Å². The van der Waals surface area contributed by atoms with Crippen molar-refractivity contribution in [3.05, 3.63) is 11.7 Å². The van der Waals surface area contributed by atoms with Crippen LogP contribution >= 0.6 is 0 Å². The SMILES string of the molecule is O=S1(=O)CCNC(c2noc(C3CC3)n2)C1. The highest BCUT2D eigenvalue weighted by Crippen LogP contribution is 2.39. The van der Waals surface area contributed by atoms with Crippen LogP contribution < -0.4 is 5.32 Å². The molecule has 3 rings (SSSR count). The zero-order chi connectivity index (χ0) is 11.2. The van der Waals surface area contributed by atoms with E-state index in [1.807, 2.05) is 0 Å². The second-order valence-electron chi connectivity index (χ2n) is 4.39. The Morgan fingerprint density at radius 2 is 2.19 bits per heavy atom. The number of hydrogen-bond acceptors (Lipinski definition) is 6. The molecule has 1 saturated carbocycles. The summed E-state index contributed by atoms with van der Waals surface area (Å²) in [6.07, 6.45) is 2.19. The van der Waals surface area contributed by atoms with Gasteiger partial charge < -0.3 is 9.84 Å². The fourth-order valence-corrected chi connectivity index (χ4v) is 3.21. The largest absolute Gasteiger partial charge is 0.339 e. The van der Waals surface area contributed by atoms with E-state index < -0.39 is 9.84 Å². The van der Waals surface area contributed by atoms with Crippen LogP contribution in [-0.2, 0) is 9.84 Å². The highest BCUT2D eigenvalue weighted by Gasteiger charge is 2.33. The van der Waals surface area contributed by atoms with E-state index in [-0.39, 0.29) is 17.5 Å². The van der Waals surface area contributed by atoms with E-state index >= 15 is 0 Å². The van der Waals surface area contributed by atoms with E-state index in [0.29, 0.717) is 24.2 Å². The van der Waals surface area contributed by atoms with Gasteiger partial charge in [0.1, 0.15) is 0 Å². The molecule has 0 radical (unpaired) electrons. The van der Waals surface area contributed by atoms with E-state index in [1.165, 1.54) is 0 Å². The van der Waals surface area contributed by atoms with Crippen molar-refractivity contribution >= 4 is 9.84 Å². The lowest BCUT2D eigenvalue weighted by atomic mass is 10.3. The normalized spacial score (nSPS) is 29.1. The van der Waals surface area contributed by atoms with Crippen LogP contribution in [0.25, 0.3) is 0 Å². The van der Waals surface area contributed by atoms with E-state index in [0.717, 1.165) is 12.8 Å². The van der Waals surface area contributed by atoms with Gasteiger partial charge in [0.05, 0.1) is 17.5 Å². The molecule has 2 aliphatic rings. The van der Waals surface area contributed by atoms with Gasteiger partial charge >= 0.3 is 0 Å². The van der Waals surface area contributed by atoms with E-state index in [2.05, 4.69) is 15.5 Å². The Bertz CT molecular complexity index is 492. The van der Waals surface area contributed by atoms with Gasteiger partial charge in [-0.3, -0.25) is 0 Å². The molecule has 1 atom stereocenters. The smallest absolute Gasteiger partial charge is 0.229 e. The highest BCUT2D eigenvalue weighted by atomic mass is 32.2. The molecule has 16 heavy (non-hydrogen) atoms. The molecule has 2 fully saturated rings. The maximum atomic E-state index is 11.5. The van der Waals surface area contributed by atoms with Gasteiger partial charge in [-0.1, -0.05) is 5.16 Å². The van der Waals surface area contributed by atoms with Crippen molar-refractivity contribution in [2.24, 2.45) is 0 Å². The summed E-state index contributed by atoms with van der Waals surface area (Å²) < 4.78 is 28.0. The van der Waals surface area contributed by atoms with Gasteiger partial charge in [0, 0.05) is 12.5 Å². The summed E-state index contributed by atoms with van der Waals surface area (Å²) in [6.45, 7) is 0.459. The minimum atomic E-state index is -2.96. The molecular formula is C9H13N3O3S. The highest BCUT2D eigenvalue weighted by molar-refractivity contribution is 7.91. The third-order valence-corrected chi connectivity index (χ3v) is 4.59. The number of nitrogens with one attached hydrogen (secondary N) is 1. The van der Waals surface area contributed by atoms with Crippen LogP contribution in [0.3, 0.4) is 0 Å². The second kappa shape index (κ2) is 3.53. The predicted octanol–water partition coefficient (Wildman–Crippen LogP) is 0.00610. The summed E-state index contributed by atoms with van der Waals surface area (Å²) in [7, 11) is -2.96. The number of rotatable bonds is 2. The summed E-state index contributed by atoms with van der Waals surface area (Å²) in [6, 6.07) is -0.310. The molecule has 6 nitrogen and oxygen atoms in total. The summed E-state index contributed by atoms with van der Waals surface area (Å²) >= 11 is 0. The molecule has 0 aromatic carbocycles. The molecule has 1 aliphatic heterocycles. The molecule has 0 spiro atoms. The molecule has 1 aromatic heterocycles. The fourth-order valence-electron chi connectivity index (χ4n) is 1.84. The number of aromatic nitrogens is 2. The van der Waals surface area contributed by atoms with Gasteiger partial charge in [-0.05, 0) is 12.8 Å². The molecule has 0 bridgehead atoms. The van der Waals surface area contributed by atoms with Crippen molar-refractivity contribution in [1.82, 2.24) is 15.5 Å². The molecule has 1 unspecified atom stereocenters. The molecule has 1 saturated heterocycles. The van der Waals surface area contributed by atoms with Gasteiger partial charge in [-0.15, -0.1) is 0 Å². The lowest BCUT2D eigenvalue weighted by Crippen LogP contribution is -2.39. The molecule has 2 heterocycles. The summed E-state index contributed by atoms with van der Waals surface area (Å²) in [5.41, 5.74) is 0. The number of hydrogen-bond donors (Lipinski definition) is 1. The van der Waals surface area contributed by atoms with E-state index in [1.54, 1.807) is 0 Å². The zero-order valence-electron chi connectivity index (χ0n) is 8.72. The van der Waals surface area contributed by atoms with Crippen molar-refractivity contribution in [2.75, 3.05) is 18.1 Å². The quantitative estimate of drug-likeness (QED) is 0.787. The van der Waals surface area contributed by atoms with Gasteiger partial charge in [0.25, 0.3) is 0 Å². The molecule has 1 aromatic rings. The minimum absolute atomic E-state index is 0.0661. The maximum Gasteiger partial charge on any atom is 0.229 e. The first-order chi connectivity index (χ1) is 7.64. The standard InChI is InChI=1S/C9H13N3O3S/c13-16(14)4-3-10-7(5-16)8-11-9(15-12-8)6-1-2-6/h6-7,10H,1-5H2. The first-order valence-corrected chi connectivity index (χ1v) is 7.23. The third kappa shape index (κ3) is 1.97. The fraction of sp³-hybridized carbons (Fsp3) is 0.778. The van der Waals surface area contributed by atoms with Gasteiger partial charge in [0.15, 0.2) is 15.7 Å². The second-order valence-corrected chi connectivity index (χ2v) is 6.61. The van der Waals surface area contributed by atoms with Crippen LogP contribution in [0.4, 0.5) is 0 Å². The number of sulfone groups is 1. The Hall–Kier alpha value is -0.950. The Kier molecular flexibility index (Phi) is 2.25. The van der Waals surface area contributed by atoms with E-state index in [9.17, 15) is 8.42 Å². The van der Waals surface area contributed by atoms with Gasteiger partial charge in [0.2, 0.25) is 5.89 Å². The average molecular weight is 243 g/mol. The summed E-state index contributed by atoms with van der Waals surface area (Å²) in [5, 5.41) is 6.95. The Morgan fingerprint density at radius 3 is 2.88 bits per heavy atom. The summed E-state index contributed by atoms with van der Waals surface area (Å²) in [4.78, 5) is 4.26. The monoisotopic (exact) mass is 243 g/mol. The number of nitrogens with zero attached hydrogens (tertiary/aromatic N) is 2. The van der Waals surface area contributed by atoms with Crippen LogP contribution in [0.5, 0.6) is 0 Å². The van der Waals surface area contributed by atoms with Crippen molar-refractivity contribution in [2.45, 2.75) is 24.8 Å². The molecular weight excluding hydrogens is 230 g/mol. The molecule has 1 N–H and O–H groups in total. The van der Waals surface area contributed by atoms with Crippen molar-refractivity contribution < 1.29 is 12.9 Å². The topological polar surface area (TPSA) is 85.1 Å². The van der Waals surface area contributed by atoms with Crippen LogP contribution in [-0.4, -0.2) is 36.6 Å². The molecule has 7 heteroatoms. The van der Waals surface area contributed by atoms with Gasteiger partial charge in [-0.25, -0.2) is 8.42 Å². The lowest BCUT2D eigenvalue weighted by Gasteiger charge is -2.20. The van der Waals surface area contributed by atoms with Crippen molar-refractivity contribution in [3.8, 4) is 0 Å². The van der Waals surface area contributed by atoms with Crippen LogP contribution in [0, 0.1) is 0 Å². The predicted molar refractivity (Wildman–Crippen MR) is 55.7 cm³/mol. The molecule has 1 aliphatic carbocycles. The van der Waals surface area contributed by atoms with Crippen molar-refractivity contribution in [1.29, 1.82) is 0 Å². The van der Waals surface area contributed by atoms with Crippen LogP contribution in [0.15, 0.2) is 4.52 Å². The third-order valence-electron chi connectivity index (χ3n) is 2.92. The summed E-state index contributed by atoms with van der Waals surface area (Å²) in [5.74, 6) is 1.79. The van der Waals surface area contributed by atoms with Crippen LogP contribution in [0.1, 0.15) is 36.5 Å².